The summed E-state index contributed by atoms with van der Waals surface area (Å²) in [6.07, 6.45) is -0.546. The van der Waals surface area contributed by atoms with Gasteiger partial charge in [-0.2, -0.15) is 34.8 Å². The van der Waals surface area contributed by atoms with Crippen molar-refractivity contribution in [3.8, 4) is 0 Å². The number of hydrogen-bond donors (Lipinski definition) is 2. The van der Waals surface area contributed by atoms with Gasteiger partial charge in [-0.15, -0.1) is 6.58 Å². The SMILES string of the molecule is C=CCN.CCCC(F)(F)C(F)(F)C(F)(F)S(=O)(=O)O. The van der Waals surface area contributed by atoms with Crippen molar-refractivity contribution in [2.45, 2.75) is 36.9 Å². The van der Waals surface area contributed by atoms with Gasteiger partial charge in [-0.05, 0) is 0 Å². The molecule has 0 aromatic rings. The van der Waals surface area contributed by atoms with Gasteiger partial charge in [0.1, 0.15) is 0 Å². The topological polar surface area (TPSA) is 80.4 Å². The predicted molar refractivity (Wildman–Crippen MR) is 60.5 cm³/mol. The molecule has 0 atom stereocenters. The first kappa shape index (κ1) is 21.5. The van der Waals surface area contributed by atoms with Crippen LogP contribution in [0.2, 0.25) is 0 Å². The molecule has 0 saturated carbocycles. The third-order valence-electron chi connectivity index (χ3n) is 1.88. The van der Waals surface area contributed by atoms with E-state index in [-0.39, 0.29) is 0 Å². The predicted octanol–water partition coefficient (Wildman–Crippen LogP) is 2.67. The van der Waals surface area contributed by atoms with E-state index in [1.165, 1.54) is 0 Å². The van der Waals surface area contributed by atoms with Crippen LogP contribution in [-0.2, 0) is 10.1 Å². The van der Waals surface area contributed by atoms with Crippen molar-refractivity contribution in [3.63, 3.8) is 0 Å². The highest BCUT2D eigenvalue weighted by Crippen LogP contribution is 2.49. The van der Waals surface area contributed by atoms with Crippen LogP contribution in [0, 0.1) is 0 Å². The molecule has 0 aliphatic heterocycles. The normalized spacial score (nSPS) is 13.4. The van der Waals surface area contributed by atoms with Crippen molar-refractivity contribution < 1.29 is 39.3 Å². The fraction of sp³-hybridized carbons (Fsp3) is 0.778. The van der Waals surface area contributed by atoms with Crippen LogP contribution >= 0.6 is 0 Å². The third-order valence-corrected chi connectivity index (χ3v) is 2.78. The number of halogens is 6. The number of rotatable bonds is 6. The van der Waals surface area contributed by atoms with Crippen LogP contribution in [0.3, 0.4) is 0 Å². The summed E-state index contributed by atoms with van der Waals surface area (Å²) in [5.74, 6) is -11.4. The first-order valence-electron chi connectivity index (χ1n) is 5.14. The minimum absolute atomic E-state index is 0.565. The summed E-state index contributed by atoms with van der Waals surface area (Å²) >= 11 is 0. The molecule has 3 N–H and O–H groups in total. The molecule has 0 unspecified atom stereocenters. The Morgan fingerprint density at radius 1 is 1.20 bits per heavy atom. The van der Waals surface area contributed by atoms with Crippen LogP contribution < -0.4 is 5.73 Å². The summed E-state index contributed by atoms with van der Waals surface area (Å²) in [5, 5.41) is -6.24. The maximum Gasteiger partial charge on any atom is 0.437 e. The van der Waals surface area contributed by atoms with E-state index in [4.69, 9.17) is 10.3 Å². The molecule has 4 nitrogen and oxygen atoms in total. The Labute approximate surface area is 112 Å². The van der Waals surface area contributed by atoms with E-state index in [9.17, 15) is 34.8 Å². The fourth-order valence-corrected chi connectivity index (χ4v) is 1.32. The van der Waals surface area contributed by atoms with Crippen LogP contribution in [0.5, 0.6) is 0 Å². The molecule has 0 amide bonds. The molecule has 0 heterocycles. The minimum Gasteiger partial charge on any atom is -0.327 e. The Hall–Kier alpha value is -0.810. The lowest BCUT2D eigenvalue weighted by Gasteiger charge is -2.30. The smallest absolute Gasteiger partial charge is 0.327 e. The summed E-state index contributed by atoms with van der Waals surface area (Å²) in [6.45, 7) is 4.96. The van der Waals surface area contributed by atoms with E-state index in [1.54, 1.807) is 6.08 Å². The van der Waals surface area contributed by atoms with Crippen molar-refractivity contribution in [2.75, 3.05) is 6.54 Å². The Bertz CT molecular complexity index is 410. The summed E-state index contributed by atoms with van der Waals surface area (Å²) < 4.78 is 103. The maximum atomic E-state index is 12.6. The second-order valence-corrected chi connectivity index (χ2v) is 5.01. The quantitative estimate of drug-likeness (QED) is 0.445. The van der Waals surface area contributed by atoms with Gasteiger partial charge in [0.25, 0.3) is 0 Å². The van der Waals surface area contributed by atoms with Crippen molar-refractivity contribution in [2.24, 2.45) is 5.73 Å². The molecule has 0 radical (unpaired) electrons. The van der Waals surface area contributed by atoms with Gasteiger partial charge in [-0.1, -0.05) is 19.4 Å². The van der Waals surface area contributed by atoms with E-state index in [0.717, 1.165) is 6.92 Å². The molecule has 0 rings (SSSR count). The number of hydrogen-bond acceptors (Lipinski definition) is 3. The van der Waals surface area contributed by atoms with Gasteiger partial charge in [-0.25, -0.2) is 0 Å². The summed E-state index contributed by atoms with van der Waals surface area (Å²) in [6, 6.07) is 0. The van der Waals surface area contributed by atoms with Crippen LogP contribution in [0.15, 0.2) is 12.7 Å². The van der Waals surface area contributed by atoms with Crippen LogP contribution in [-0.4, -0.2) is 36.6 Å². The molecule has 0 aromatic heterocycles. The van der Waals surface area contributed by atoms with E-state index < -0.39 is 40.1 Å². The molecule has 122 valence electrons. The van der Waals surface area contributed by atoms with Gasteiger partial charge < -0.3 is 5.73 Å². The van der Waals surface area contributed by atoms with Crippen LogP contribution in [0.25, 0.3) is 0 Å². The largest absolute Gasteiger partial charge is 0.437 e. The van der Waals surface area contributed by atoms with Crippen molar-refractivity contribution >= 4 is 10.1 Å². The number of alkyl halides is 6. The number of nitrogens with two attached hydrogens (primary N) is 1. The Kier molecular flexibility index (Phi) is 7.81. The van der Waals surface area contributed by atoms with E-state index in [2.05, 4.69) is 6.58 Å². The van der Waals surface area contributed by atoms with Gasteiger partial charge in [0.2, 0.25) is 0 Å². The second-order valence-electron chi connectivity index (χ2n) is 3.55. The minimum atomic E-state index is -6.62. The average Bonchev–Trinajstić information content (AvgIpc) is 2.27. The lowest BCUT2D eigenvalue weighted by molar-refractivity contribution is -0.282. The summed E-state index contributed by atoms with van der Waals surface area (Å²) in [5.41, 5.74) is 4.91. The van der Waals surface area contributed by atoms with Gasteiger partial charge >= 0.3 is 27.2 Å². The Balaban J connectivity index is 0. The average molecular weight is 331 g/mol. The van der Waals surface area contributed by atoms with Gasteiger partial charge in [-0.3, -0.25) is 4.55 Å². The molecule has 0 bridgehead atoms. The molecular formula is C9H15F6NO3S. The molecule has 0 aliphatic carbocycles. The zero-order valence-corrected chi connectivity index (χ0v) is 11.2. The van der Waals surface area contributed by atoms with Crippen molar-refractivity contribution in [1.82, 2.24) is 0 Å². The molecule has 0 saturated heterocycles. The summed E-state index contributed by atoms with van der Waals surface area (Å²) in [7, 11) is -6.62. The molecule has 0 fully saturated rings. The first-order chi connectivity index (χ1) is 8.72. The van der Waals surface area contributed by atoms with E-state index in [0.29, 0.717) is 6.54 Å². The highest BCUT2D eigenvalue weighted by molar-refractivity contribution is 7.87. The zero-order valence-electron chi connectivity index (χ0n) is 10.4. The zero-order chi connectivity index (χ0) is 16.8. The van der Waals surface area contributed by atoms with E-state index >= 15 is 0 Å². The van der Waals surface area contributed by atoms with Crippen LogP contribution in [0.4, 0.5) is 26.3 Å². The van der Waals surface area contributed by atoms with E-state index in [1.807, 2.05) is 0 Å². The van der Waals surface area contributed by atoms with Gasteiger partial charge in [0, 0.05) is 13.0 Å². The van der Waals surface area contributed by atoms with Crippen molar-refractivity contribution in [3.05, 3.63) is 12.7 Å². The first-order valence-corrected chi connectivity index (χ1v) is 6.58. The molecule has 0 spiro atoms. The standard InChI is InChI=1S/C6H8F6O3S.C3H7N/c1-2-3-4(7,8)5(9,10)6(11,12)16(13,14)15;1-2-3-4/h2-3H2,1H3,(H,13,14,15);2H,1,3-4H2. The van der Waals surface area contributed by atoms with Crippen molar-refractivity contribution in [1.29, 1.82) is 0 Å². The highest BCUT2D eigenvalue weighted by Gasteiger charge is 2.76. The Morgan fingerprint density at radius 2 is 1.55 bits per heavy atom. The molecular weight excluding hydrogens is 316 g/mol. The lowest BCUT2D eigenvalue weighted by Crippen LogP contribution is -2.57. The van der Waals surface area contributed by atoms with Crippen LogP contribution in [0.1, 0.15) is 19.8 Å². The highest BCUT2D eigenvalue weighted by atomic mass is 32.2. The molecule has 20 heavy (non-hydrogen) atoms. The molecule has 0 aliphatic rings. The molecule has 0 aromatic carbocycles. The third kappa shape index (κ3) is 4.63. The van der Waals surface area contributed by atoms with Gasteiger partial charge in [0.15, 0.2) is 0 Å². The summed E-state index contributed by atoms with van der Waals surface area (Å²) in [4.78, 5) is 0. The maximum absolute atomic E-state index is 12.6. The lowest BCUT2D eigenvalue weighted by atomic mass is 10.1. The monoisotopic (exact) mass is 331 g/mol. The molecule has 11 heteroatoms. The van der Waals surface area contributed by atoms with Gasteiger partial charge in [0.05, 0.1) is 0 Å². The fourth-order valence-electron chi connectivity index (χ4n) is 0.846. The second kappa shape index (κ2) is 7.27. The Morgan fingerprint density at radius 3 is 1.75 bits per heavy atom.